The highest BCUT2D eigenvalue weighted by Crippen LogP contribution is 2.52. The van der Waals surface area contributed by atoms with Gasteiger partial charge in [0, 0.05) is 17.1 Å². The van der Waals surface area contributed by atoms with Gasteiger partial charge in [0.1, 0.15) is 0 Å². The quantitative estimate of drug-likeness (QED) is 0.204. The van der Waals surface area contributed by atoms with E-state index < -0.39 is 0 Å². The molecule has 1 heteroatoms. The van der Waals surface area contributed by atoms with Crippen molar-refractivity contribution < 1.29 is 0 Å². The lowest BCUT2D eigenvalue weighted by molar-refractivity contribution is 0.728. The molecule has 0 radical (unpaired) electrons. The van der Waals surface area contributed by atoms with Gasteiger partial charge >= 0.3 is 0 Å². The first-order valence-corrected chi connectivity index (χ1v) is 15.0. The second kappa shape index (κ2) is 7.99. The monoisotopic (exact) mass is 533 g/mol. The molecule has 10 rings (SSSR count). The molecule has 1 atom stereocenters. The standard InChI is InChI=1S/C41H27N/c1-24-14-16-28(17-15-24)42(27-10-3-2-4-11-27)29-18-19-32-33(22-29)37-23-36-31-13-6-5-12-30(31)34-20-25-8-7-9-26-21-35(32)40(37)41(38(25)26)39(34)36/h2-14,16-24H,15H2,1H3. The SMILES string of the molecule is CC1C=CC(N(c2ccccc2)c2ccc3c(c2)c2cc4c5ccccc5c5cc6cccc7cc3c2c(c67)c54)=CC1. The van der Waals surface area contributed by atoms with E-state index in [9.17, 15) is 0 Å². The highest BCUT2D eigenvalue weighted by atomic mass is 15.1. The van der Waals surface area contributed by atoms with Crippen molar-refractivity contribution in [3.8, 4) is 0 Å². The van der Waals surface area contributed by atoms with Gasteiger partial charge in [0.15, 0.2) is 0 Å². The van der Waals surface area contributed by atoms with Crippen LogP contribution in [-0.4, -0.2) is 0 Å². The largest absolute Gasteiger partial charge is 0.311 e. The number of para-hydroxylation sites is 1. The molecule has 42 heavy (non-hydrogen) atoms. The maximum Gasteiger partial charge on any atom is 0.0468 e. The highest BCUT2D eigenvalue weighted by Gasteiger charge is 2.24. The Morgan fingerprint density at radius 2 is 1.14 bits per heavy atom. The molecule has 0 spiro atoms. The Balaban J connectivity index is 1.36. The van der Waals surface area contributed by atoms with Crippen molar-refractivity contribution in [3.05, 3.63) is 133 Å². The summed E-state index contributed by atoms with van der Waals surface area (Å²) >= 11 is 0. The fraction of sp³-hybridized carbons (Fsp3) is 0.0732. The van der Waals surface area contributed by atoms with Crippen molar-refractivity contribution in [2.75, 3.05) is 4.90 Å². The maximum absolute atomic E-state index is 2.49. The summed E-state index contributed by atoms with van der Waals surface area (Å²) in [5.41, 5.74) is 3.62. The molecule has 1 aliphatic rings. The molecule has 1 unspecified atom stereocenters. The second-order valence-corrected chi connectivity index (χ2v) is 12.2. The average molecular weight is 534 g/mol. The molecule has 9 aromatic carbocycles. The van der Waals surface area contributed by atoms with Crippen molar-refractivity contribution in [3.63, 3.8) is 0 Å². The summed E-state index contributed by atoms with van der Waals surface area (Å²) in [6, 6.07) is 41.0. The van der Waals surface area contributed by atoms with Gasteiger partial charge in [0.2, 0.25) is 0 Å². The second-order valence-electron chi connectivity index (χ2n) is 12.2. The molecule has 0 fully saturated rings. The molecule has 1 aliphatic carbocycles. The van der Waals surface area contributed by atoms with Gasteiger partial charge in [-0.25, -0.2) is 0 Å². The Bertz CT molecular complexity index is 2550. The summed E-state index contributed by atoms with van der Waals surface area (Å²) in [5, 5.41) is 19.2. The van der Waals surface area contributed by atoms with E-state index in [2.05, 4.69) is 139 Å². The Labute approximate surface area is 243 Å². The van der Waals surface area contributed by atoms with Gasteiger partial charge in [-0.15, -0.1) is 0 Å². The summed E-state index contributed by atoms with van der Waals surface area (Å²) in [5.74, 6) is 0.569. The Morgan fingerprint density at radius 3 is 1.83 bits per heavy atom. The van der Waals surface area contributed by atoms with Gasteiger partial charge < -0.3 is 4.90 Å². The number of allylic oxidation sites excluding steroid dienone is 3. The summed E-state index contributed by atoms with van der Waals surface area (Å²) in [6.07, 6.45) is 8.07. The van der Waals surface area contributed by atoms with Gasteiger partial charge in [0.25, 0.3) is 0 Å². The Morgan fingerprint density at radius 1 is 0.500 bits per heavy atom. The van der Waals surface area contributed by atoms with Crippen molar-refractivity contribution in [2.24, 2.45) is 5.92 Å². The number of rotatable bonds is 3. The van der Waals surface area contributed by atoms with E-state index in [0.29, 0.717) is 5.92 Å². The molecule has 0 heterocycles. The maximum atomic E-state index is 2.49. The van der Waals surface area contributed by atoms with Crippen LogP contribution in [0.5, 0.6) is 0 Å². The molecule has 0 aromatic heterocycles. The molecule has 196 valence electrons. The first-order chi connectivity index (χ1) is 20.7. The van der Waals surface area contributed by atoms with Crippen molar-refractivity contribution >= 4 is 86.8 Å². The predicted octanol–water partition coefficient (Wildman–Crippen LogP) is 11.7. The van der Waals surface area contributed by atoms with Crippen LogP contribution in [0, 0.1) is 5.92 Å². The van der Waals surface area contributed by atoms with E-state index >= 15 is 0 Å². The van der Waals surface area contributed by atoms with E-state index in [1.165, 1.54) is 92.5 Å². The van der Waals surface area contributed by atoms with Gasteiger partial charge in [-0.1, -0.05) is 85.8 Å². The first kappa shape index (κ1) is 22.5. The molecule has 0 saturated carbocycles. The lowest BCUT2D eigenvalue weighted by Gasteiger charge is -2.28. The van der Waals surface area contributed by atoms with Crippen LogP contribution in [0.3, 0.4) is 0 Å². The van der Waals surface area contributed by atoms with E-state index in [4.69, 9.17) is 0 Å². The van der Waals surface area contributed by atoms with Crippen LogP contribution in [-0.2, 0) is 0 Å². The average Bonchev–Trinajstić information content (AvgIpc) is 3.52. The molecule has 9 aromatic rings. The molecule has 0 bridgehead atoms. The molecule has 0 amide bonds. The van der Waals surface area contributed by atoms with Crippen LogP contribution in [0.15, 0.2) is 133 Å². The molecular weight excluding hydrogens is 506 g/mol. The number of benzene rings is 7. The third-order valence-corrected chi connectivity index (χ3v) is 9.76. The van der Waals surface area contributed by atoms with Crippen molar-refractivity contribution in [1.82, 2.24) is 0 Å². The van der Waals surface area contributed by atoms with Crippen molar-refractivity contribution in [2.45, 2.75) is 13.3 Å². The third kappa shape index (κ3) is 2.83. The van der Waals surface area contributed by atoms with E-state index in [-0.39, 0.29) is 0 Å². The number of nitrogens with zero attached hydrogens (tertiary/aromatic N) is 1. The van der Waals surface area contributed by atoms with E-state index in [0.717, 1.165) is 6.42 Å². The zero-order valence-corrected chi connectivity index (χ0v) is 23.4. The van der Waals surface area contributed by atoms with Gasteiger partial charge in [-0.05, 0) is 136 Å². The van der Waals surface area contributed by atoms with E-state index in [1.807, 2.05) is 0 Å². The molecule has 0 N–H and O–H groups in total. The molecular formula is C41H27N. The lowest BCUT2D eigenvalue weighted by atomic mass is 9.90. The number of anilines is 2. The normalized spacial score (nSPS) is 15.9. The minimum atomic E-state index is 0.569. The summed E-state index contributed by atoms with van der Waals surface area (Å²) in [6.45, 7) is 2.28. The predicted molar refractivity (Wildman–Crippen MR) is 182 cm³/mol. The number of fused-ring (bicyclic) bond motifs is 6. The van der Waals surface area contributed by atoms with Gasteiger partial charge in [-0.2, -0.15) is 0 Å². The van der Waals surface area contributed by atoms with Crippen LogP contribution in [0.2, 0.25) is 0 Å². The van der Waals surface area contributed by atoms with E-state index in [1.54, 1.807) is 0 Å². The fourth-order valence-electron chi connectivity index (χ4n) is 7.90. The van der Waals surface area contributed by atoms with Crippen LogP contribution in [0.4, 0.5) is 11.4 Å². The third-order valence-electron chi connectivity index (χ3n) is 9.76. The zero-order chi connectivity index (χ0) is 27.5. The Kier molecular flexibility index (Phi) is 4.29. The number of hydrogen-bond acceptors (Lipinski definition) is 1. The van der Waals surface area contributed by atoms with Crippen molar-refractivity contribution in [1.29, 1.82) is 0 Å². The fourth-order valence-corrected chi connectivity index (χ4v) is 7.90. The summed E-state index contributed by atoms with van der Waals surface area (Å²) in [7, 11) is 0. The zero-order valence-electron chi connectivity index (χ0n) is 23.4. The topological polar surface area (TPSA) is 3.24 Å². The van der Waals surface area contributed by atoms with Gasteiger partial charge in [-0.3, -0.25) is 0 Å². The molecule has 1 nitrogen and oxygen atoms in total. The Hall–Kier alpha value is -5.14. The van der Waals surface area contributed by atoms with Crippen LogP contribution in [0.25, 0.3) is 75.4 Å². The lowest BCUT2D eigenvalue weighted by Crippen LogP contribution is -2.17. The van der Waals surface area contributed by atoms with Gasteiger partial charge in [0.05, 0.1) is 0 Å². The molecule has 0 aliphatic heterocycles. The molecule has 0 saturated heterocycles. The summed E-state index contributed by atoms with van der Waals surface area (Å²) < 4.78 is 0. The minimum Gasteiger partial charge on any atom is -0.311 e. The highest BCUT2D eigenvalue weighted by molar-refractivity contribution is 6.47. The van der Waals surface area contributed by atoms with Crippen LogP contribution >= 0.6 is 0 Å². The minimum absolute atomic E-state index is 0.569. The number of hydrogen-bond donors (Lipinski definition) is 0. The smallest absolute Gasteiger partial charge is 0.0468 e. The summed E-state index contributed by atoms with van der Waals surface area (Å²) in [4.78, 5) is 2.42. The first-order valence-electron chi connectivity index (χ1n) is 15.0. The van der Waals surface area contributed by atoms with Crippen LogP contribution < -0.4 is 4.90 Å². The van der Waals surface area contributed by atoms with Crippen LogP contribution in [0.1, 0.15) is 13.3 Å².